The Balaban J connectivity index is 0.00000164. The SMILES string of the molecule is CC.COCC1(NCc2ccc3c(n2)NC(=O)CO3)CCC(CCn2c(=O)ccc3ncc(Br)cc32)CC1. The smallest absolute Gasteiger partial charge is 0.263 e. The Morgan fingerprint density at radius 2 is 2.00 bits per heavy atom. The molecule has 10 heteroatoms. The molecule has 38 heavy (non-hydrogen) atoms. The number of methoxy groups -OCH3 is 1. The first-order valence-corrected chi connectivity index (χ1v) is 14.1. The van der Waals surface area contributed by atoms with E-state index in [0.29, 0.717) is 37.2 Å². The largest absolute Gasteiger partial charge is 0.480 e. The fraction of sp³-hybridized carbons (Fsp3) is 0.500. The first-order valence-electron chi connectivity index (χ1n) is 13.3. The van der Waals surface area contributed by atoms with Crippen LogP contribution in [-0.4, -0.2) is 46.3 Å². The summed E-state index contributed by atoms with van der Waals surface area (Å²) in [6, 6.07) is 9.12. The first kappa shape index (κ1) is 28.2. The highest BCUT2D eigenvalue weighted by atomic mass is 79.9. The number of fused-ring (bicyclic) bond motifs is 2. The van der Waals surface area contributed by atoms with Gasteiger partial charge in [0.25, 0.3) is 11.5 Å². The molecular weight excluding hydrogens is 550 g/mol. The summed E-state index contributed by atoms with van der Waals surface area (Å²) in [5.41, 5.74) is 2.40. The summed E-state index contributed by atoms with van der Waals surface area (Å²) in [4.78, 5) is 33.2. The number of nitrogens with one attached hydrogen (secondary N) is 2. The van der Waals surface area contributed by atoms with E-state index in [0.717, 1.165) is 53.3 Å². The first-order chi connectivity index (χ1) is 18.4. The Morgan fingerprint density at radius 3 is 2.76 bits per heavy atom. The van der Waals surface area contributed by atoms with Gasteiger partial charge in [0.2, 0.25) is 0 Å². The number of aromatic nitrogens is 3. The number of hydrogen-bond acceptors (Lipinski definition) is 7. The lowest BCUT2D eigenvalue weighted by Crippen LogP contribution is -2.51. The van der Waals surface area contributed by atoms with Crippen LogP contribution in [0.25, 0.3) is 11.0 Å². The molecule has 3 aromatic rings. The number of amides is 1. The van der Waals surface area contributed by atoms with Crippen molar-refractivity contribution in [2.75, 3.05) is 25.6 Å². The number of nitrogens with zero attached hydrogens (tertiary/aromatic N) is 3. The van der Waals surface area contributed by atoms with Crippen molar-refractivity contribution in [1.82, 2.24) is 19.9 Å². The van der Waals surface area contributed by atoms with Gasteiger partial charge in [0.05, 0.1) is 23.3 Å². The molecule has 0 saturated heterocycles. The standard InChI is InChI=1S/C26H30BrN5O4.C2H6/c1-35-16-26(29-14-19-2-4-22-25(30-19)31-23(33)15-36-22)9-6-17(7-10-26)8-11-32-21-12-18(27)13-28-20(21)3-5-24(32)34;1-2/h2-5,12-13,17,29H,6-11,14-16H2,1H3,(H,30,31,33);1-2H3. The molecule has 1 saturated carbocycles. The summed E-state index contributed by atoms with van der Waals surface area (Å²) in [6.07, 6.45) is 6.77. The number of aryl methyl sites for hydroxylation is 1. The van der Waals surface area contributed by atoms with Gasteiger partial charge >= 0.3 is 0 Å². The Labute approximate surface area is 231 Å². The molecule has 9 nitrogen and oxygen atoms in total. The molecule has 0 radical (unpaired) electrons. The Bertz CT molecular complexity index is 1320. The van der Waals surface area contributed by atoms with Crippen LogP contribution in [0.15, 0.2) is 45.8 Å². The Kier molecular flexibility index (Phi) is 9.51. The highest BCUT2D eigenvalue weighted by molar-refractivity contribution is 9.10. The second-order valence-electron chi connectivity index (χ2n) is 9.67. The van der Waals surface area contributed by atoms with Crippen molar-refractivity contribution in [3.63, 3.8) is 0 Å². The lowest BCUT2D eigenvalue weighted by molar-refractivity contribution is -0.118. The maximum absolute atomic E-state index is 12.6. The van der Waals surface area contributed by atoms with Crippen molar-refractivity contribution in [3.8, 4) is 5.75 Å². The van der Waals surface area contributed by atoms with Crippen molar-refractivity contribution < 1.29 is 14.3 Å². The van der Waals surface area contributed by atoms with E-state index in [-0.39, 0.29) is 23.6 Å². The average Bonchev–Trinajstić information content (AvgIpc) is 2.93. The van der Waals surface area contributed by atoms with E-state index in [1.54, 1.807) is 25.4 Å². The third kappa shape index (κ3) is 6.59. The third-order valence-corrected chi connectivity index (χ3v) is 7.66. The molecule has 1 aliphatic heterocycles. The average molecular weight is 587 g/mol. The molecule has 1 aliphatic carbocycles. The molecule has 0 bridgehead atoms. The van der Waals surface area contributed by atoms with E-state index in [2.05, 4.69) is 36.5 Å². The van der Waals surface area contributed by atoms with Crippen LogP contribution in [0.2, 0.25) is 0 Å². The van der Waals surface area contributed by atoms with Crippen LogP contribution in [0.1, 0.15) is 51.6 Å². The number of hydrogen-bond donors (Lipinski definition) is 2. The van der Waals surface area contributed by atoms with Crippen molar-refractivity contribution in [2.45, 2.75) is 64.6 Å². The molecule has 3 aromatic heterocycles. The maximum Gasteiger partial charge on any atom is 0.263 e. The van der Waals surface area contributed by atoms with Gasteiger partial charge in [-0.3, -0.25) is 14.6 Å². The van der Waals surface area contributed by atoms with Gasteiger partial charge in [-0.15, -0.1) is 0 Å². The summed E-state index contributed by atoms with van der Waals surface area (Å²) in [6.45, 7) is 5.89. The minimum absolute atomic E-state index is 0.00717. The highest BCUT2D eigenvalue weighted by Crippen LogP contribution is 2.35. The quantitative estimate of drug-likeness (QED) is 0.395. The molecule has 1 amide bonds. The van der Waals surface area contributed by atoms with E-state index in [9.17, 15) is 9.59 Å². The van der Waals surface area contributed by atoms with Crippen LogP contribution >= 0.6 is 15.9 Å². The van der Waals surface area contributed by atoms with Crippen molar-refractivity contribution in [1.29, 1.82) is 0 Å². The number of anilines is 1. The zero-order valence-corrected chi connectivity index (χ0v) is 23.8. The summed E-state index contributed by atoms with van der Waals surface area (Å²) in [5.74, 6) is 1.41. The van der Waals surface area contributed by atoms with Crippen molar-refractivity contribution in [3.05, 3.63) is 57.0 Å². The van der Waals surface area contributed by atoms with E-state index in [1.165, 1.54) is 0 Å². The lowest BCUT2D eigenvalue weighted by Gasteiger charge is -2.41. The zero-order valence-electron chi connectivity index (χ0n) is 22.3. The van der Waals surface area contributed by atoms with Crippen LogP contribution in [0, 0.1) is 5.92 Å². The number of ether oxygens (including phenoxy) is 2. The molecule has 2 N–H and O–H groups in total. The Morgan fingerprint density at radius 1 is 1.21 bits per heavy atom. The summed E-state index contributed by atoms with van der Waals surface area (Å²) in [5, 5.41) is 6.46. The lowest BCUT2D eigenvalue weighted by atomic mass is 9.75. The van der Waals surface area contributed by atoms with E-state index in [1.807, 2.05) is 36.6 Å². The number of carbonyl (C=O) groups is 1. The fourth-order valence-electron chi connectivity index (χ4n) is 5.23. The highest BCUT2D eigenvalue weighted by Gasteiger charge is 2.35. The normalized spacial score (nSPS) is 20.6. The van der Waals surface area contributed by atoms with Crippen LogP contribution in [0.5, 0.6) is 5.75 Å². The fourth-order valence-corrected chi connectivity index (χ4v) is 5.55. The number of carbonyl (C=O) groups excluding carboxylic acids is 1. The summed E-state index contributed by atoms with van der Waals surface area (Å²) in [7, 11) is 1.73. The van der Waals surface area contributed by atoms with E-state index >= 15 is 0 Å². The van der Waals surface area contributed by atoms with Crippen LogP contribution in [0.3, 0.4) is 0 Å². The molecule has 5 rings (SSSR count). The van der Waals surface area contributed by atoms with E-state index < -0.39 is 0 Å². The van der Waals surface area contributed by atoms with Gasteiger partial charge in [0.1, 0.15) is 0 Å². The maximum atomic E-state index is 12.6. The van der Waals surface area contributed by atoms with Gasteiger partial charge in [-0.1, -0.05) is 13.8 Å². The molecular formula is C28H36BrN5O4. The van der Waals surface area contributed by atoms with Gasteiger partial charge in [0.15, 0.2) is 18.2 Å². The van der Waals surface area contributed by atoms with Crippen molar-refractivity contribution >= 4 is 38.7 Å². The topological polar surface area (TPSA) is 107 Å². The van der Waals surface area contributed by atoms with Gasteiger partial charge in [0, 0.05) is 42.5 Å². The molecule has 1 fully saturated rings. The van der Waals surface area contributed by atoms with Gasteiger partial charge in [-0.25, -0.2) is 4.98 Å². The monoisotopic (exact) mass is 585 g/mol. The van der Waals surface area contributed by atoms with Crippen LogP contribution in [-0.2, 0) is 22.6 Å². The number of pyridine rings is 3. The minimum Gasteiger partial charge on any atom is -0.480 e. The molecule has 4 heterocycles. The number of halogens is 1. The predicted molar refractivity (Wildman–Crippen MR) is 151 cm³/mol. The number of rotatable bonds is 8. The van der Waals surface area contributed by atoms with E-state index in [4.69, 9.17) is 9.47 Å². The molecule has 0 atom stereocenters. The molecule has 204 valence electrons. The van der Waals surface area contributed by atoms with Gasteiger partial charge < -0.3 is 24.7 Å². The van der Waals surface area contributed by atoms with Crippen LogP contribution in [0.4, 0.5) is 5.82 Å². The van der Waals surface area contributed by atoms with Gasteiger partial charge in [-0.2, -0.15) is 0 Å². The zero-order chi connectivity index (χ0) is 27.1. The molecule has 2 aliphatic rings. The summed E-state index contributed by atoms with van der Waals surface area (Å²) < 4.78 is 13.7. The molecule has 0 spiro atoms. The molecule has 0 aromatic carbocycles. The Hall–Kier alpha value is -2.82. The van der Waals surface area contributed by atoms with Gasteiger partial charge in [-0.05, 0) is 78.2 Å². The predicted octanol–water partition coefficient (Wildman–Crippen LogP) is 4.67. The minimum atomic E-state index is -0.191. The second kappa shape index (κ2) is 12.8. The second-order valence-corrected chi connectivity index (χ2v) is 10.6. The molecule has 0 unspecified atom stereocenters. The third-order valence-electron chi connectivity index (χ3n) is 7.23. The van der Waals surface area contributed by atoms with Crippen LogP contribution < -0.4 is 20.9 Å². The van der Waals surface area contributed by atoms with Crippen molar-refractivity contribution in [2.24, 2.45) is 5.92 Å². The summed E-state index contributed by atoms with van der Waals surface area (Å²) >= 11 is 3.47.